The lowest BCUT2D eigenvalue weighted by Gasteiger charge is -2.02. The molecule has 0 unspecified atom stereocenters. The smallest absolute Gasteiger partial charge is 0.249 e. The quantitative estimate of drug-likeness (QED) is 0.665. The first-order valence-corrected chi connectivity index (χ1v) is 3.80. The van der Waals surface area contributed by atoms with Crippen molar-refractivity contribution in [1.29, 1.82) is 0 Å². The monoisotopic (exact) mass is 221 g/mol. The third-order valence-corrected chi connectivity index (χ3v) is 1.79. The van der Waals surface area contributed by atoms with Gasteiger partial charge in [-0.3, -0.25) is 0 Å². The zero-order valence-electron chi connectivity index (χ0n) is 5.81. The van der Waals surface area contributed by atoms with E-state index < -0.39 is 6.43 Å². The van der Waals surface area contributed by atoms with E-state index in [0.29, 0.717) is 10.2 Å². The fraction of sp³-hybridized carbons (Fsp3) is 0.286. The van der Waals surface area contributed by atoms with Crippen LogP contribution in [0.2, 0.25) is 0 Å². The van der Waals surface area contributed by atoms with Gasteiger partial charge in [-0.25, -0.2) is 13.8 Å². The Morgan fingerprint density at radius 3 is 2.64 bits per heavy atom. The molecule has 1 heterocycles. The van der Waals surface area contributed by atoms with Crippen LogP contribution in [0.15, 0.2) is 16.9 Å². The van der Waals surface area contributed by atoms with Crippen LogP contribution in [-0.2, 0) is 0 Å². The first-order valence-electron chi connectivity index (χ1n) is 3.01. The number of nitrogens with zero attached hydrogens (tertiary/aromatic N) is 1. The van der Waals surface area contributed by atoms with Crippen molar-refractivity contribution in [2.45, 2.75) is 13.3 Å². The minimum absolute atomic E-state index is 0.00630. The predicted octanol–water partition coefficient (Wildman–Crippen LogP) is 3.09. The normalized spacial score (nSPS) is 10.6. The van der Waals surface area contributed by atoms with Crippen LogP contribution in [0.25, 0.3) is 0 Å². The van der Waals surface area contributed by atoms with Gasteiger partial charge < -0.3 is 0 Å². The minimum atomic E-state index is -2.43. The van der Waals surface area contributed by atoms with E-state index in [4.69, 9.17) is 0 Å². The first-order chi connectivity index (χ1) is 5.11. The largest absolute Gasteiger partial charge is 0.265 e. The van der Waals surface area contributed by atoms with E-state index in [1.807, 2.05) is 0 Å². The Labute approximate surface area is 71.6 Å². The van der Waals surface area contributed by atoms with Crippen LogP contribution in [-0.4, -0.2) is 4.98 Å². The zero-order chi connectivity index (χ0) is 8.43. The molecule has 0 fully saturated rings. The van der Waals surface area contributed by atoms with Gasteiger partial charge in [-0.05, 0) is 34.5 Å². The van der Waals surface area contributed by atoms with E-state index >= 15 is 0 Å². The SMILES string of the molecule is Cc1cc(Br)ncc1C(F)F. The predicted molar refractivity (Wildman–Crippen MR) is 41.6 cm³/mol. The molecule has 4 heteroatoms. The average Bonchev–Trinajstić information content (AvgIpc) is 1.85. The maximum absolute atomic E-state index is 12.1. The maximum Gasteiger partial charge on any atom is 0.265 e. The summed E-state index contributed by atoms with van der Waals surface area (Å²) in [6.45, 7) is 1.63. The molecule has 0 radical (unpaired) electrons. The summed E-state index contributed by atoms with van der Waals surface area (Å²) in [5.41, 5.74) is 0.551. The van der Waals surface area contributed by atoms with Gasteiger partial charge in [0.05, 0.1) is 0 Å². The van der Waals surface area contributed by atoms with Crippen molar-refractivity contribution >= 4 is 15.9 Å². The molecule has 0 saturated heterocycles. The molecule has 0 aliphatic rings. The molecule has 0 aliphatic heterocycles. The Balaban J connectivity index is 3.09. The summed E-state index contributed by atoms with van der Waals surface area (Å²) in [7, 11) is 0. The molecule has 0 bridgehead atoms. The topological polar surface area (TPSA) is 12.9 Å². The highest BCUT2D eigenvalue weighted by molar-refractivity contribution is 9.10. The Kier molecular flexibility index (Phi) is 2.54. The number of hydrogen-bond acceptors (Lipinski definition) is 1. The van der Waals surface area contributed by atoms with Gasteiger partial charge in [0.2, 0.25) is 0 Å². The first kappa shape index (κ1) is 8.59. The van der Waals surface area contributed by atoms with Crippen molar-refractivity contribution in [2.24, 2.45) is 0 Å². The third kappa shape index (κ3) is 1.96. The molecule has 11 heavy (non-hydrogen) atoms. The summed E-state index contributed by atoms with van der Waals surface area (Å²) in [5.74, 6) is 0. The second-order valence-corrected chi connectivity index (χ2v) is 2.98. The van der Waals surface area contributed by atoms with E-state index in [9.17, 15) is 8.78 Å². The molecule has 1 rings (SSSR count). The standard InChI is InChI=1S/C7H6BrF2N/c1-4-2-6(8)11-3-5(4)7(9)10/h2-3,7H,1H3. The Hall–Kier alpha value is -0.510. The minimum Gasteiger partial charge on any atom is -0.249 e. The van der Waals surface area contributed by atoms with Crippen LogP contribution >= 0.6 is 15.9 Å². The zero-order valence-corrected chi connectivity index (χ0v) is 7.40. The highest BCUT2D eigenvalue weighted by Gasteiger charge is 2.10. The summed E-state index contributed by atoms with van der Waals surface area (Å²) < 4.78 is 24.8. The van der Waals surface area contributed by atoms with Gasteiger partial charge in [-0.2, -0.15) is 0 Å². The van der Waals surface area contributed by atoms with Crippen LogP contribution in [0.1, 0.15) is 17.6 Å². The van der Waals surface area contributed by atoms with Crippen molar-refractivity contribution in [3.8, 4) is 0 Å². The van der Waals surface area contributed by atoms with Gasteiger partial charge in [0.15, 0.2) is 0 Å². The number of hydrogen-bond donors (Lipinski definition) is 0. The van der Waals surface area contributed by atoms with Crippen LogP contribution in [0.4, 0.5) is 8.78 Å². The number of aryl methyl sites for hydroxylation is 1. The molecule has 0 N–H and O–H groups in total. The van der Waals surface area contributed by atoms with E-state index in [1.54, 1.807) is 13.0 Å². The summed E-state index contributed by atoms with van der Waals surface area (Å²) in [5, 5.41) is 0. The molecule has 60 valence electrons. The molecular weight excluding hydrogens is 216 g/mol. The van der Waals surface area contributed by atoms with Crippen LogP contribution in [0, 0.1) is 6.92 Å². The molecule has 0 amide bonds. The van der Waals surface area contributed by atoms with E-state index in [0.717, 1.165) is 0 Å². The van der Waals surface area contributed by atoms with Gasteiger partial charge in [0.1, 0.15) is 4.60 Å². The van der Waals surface area contributed by atoms with E-state index in [1.165, 1.54) is 6.20 Å². The van der Waals surface area contributed by atoms with E-state index in [-0.39, 0.29) is 5.56 Å². The molecule has 1 aromatic heterocycles. The highest BCUT2D eigenvalue weighted by atomic mass is 79.9. The fourth-order valence-electron chi connectivity index (χ4n) is 0.761. The summed E-state index contributed by atoms with van der Waals surface area (Å²) in [4.78, 5) is 3.70. The van der Waals surface area contributed by atoms with Gasteiger partial charge in [-0.15, -0.1) is 0 Å². The van der Waals surface area contributed by atoms with E-state index in [2.05, 4.69) is 20.9 Å². The summed E-state index contributed by atoms with van der Waals surface area (Å²) in [6.07, 6.45) is -1.25. The highest BCUT2D eigenvalue weighted by Crippen LogP contribution is 2.22. The number of aromatic nitrogens is 1. The lowest BCUT2D eigenvalue weighted by molar-refractivity contribution is 0.150. The molecule has 0 aromatic carbocycles. The fourth-order valence-corrected chi connectivity index (χ4v) is 1.21. The molecule has 0 saturated carbocycles. The Bertz CT molecular complexity index is 263. The Morgan fingerprint density at radius 1 is 1.55 bits per heavy atom. The summed E-state index contributed by atoms with van der Waals surface area (Å²) in [6, 6.07) is 1.57. The van der Waals surface area contributed by atoms with Gasteiger partial charge in [0, 0.05) is 11.8 Å². The van der Waals surface area contributed by atoms with Gasteiger partial charge in [0.25, 0.3) is 6.43 Å². The summed E-state index contributed by atoms with van der Waals surface area (Å²) >= 11 is 3.09. The molecule has 0 spiro atoms. The van der Waals surface area contributed by atoms with Crippen LogP contribution in [0.3, 0.4) is 0 Å². The third-order valence-electron chi connectivity index (χ3n) is 1.35. The van der Waals surface area contributed by atoms with Crippen LogP contribution < -0.4 is 0 Å². The van der Waals surface area contributed by atoms with Gasteiger partial charge in [-0.1, -0.05) is 0 Å². The molecule has 1 aromatic rings. The van der Waals surface area contributed by atoms with Crippen molar-refractivity contribution in [1.82, 2.24) is 4.98 Å². The number of halogens is 3. The second-order valence-electron chi connectivity index (χ2n) is 2.16. The van der Waals surface area contributed by atoms with Gasteiger partial charge >= 0.3 is 0 Å². The van der Waals surface area contributed by atoms with Crippen molar-refractivity contribution in [3.63, 3.8) is 0 Å². The number of rotatable bonds is 1. The lowest BCUT2D eigenvalue weighted by atomic mass is 10.2. The van der Waals surface area contributed by atoms with Crippen molar-refractivity contribution in [2.75, 3.05) is 0 Å². The molecule has 1 nitrogen and oxygen atoms in total. The number of pyridine rings is 1. The number of alkyl halides is 2. The average molecular weight is 222 g/mol. The second kappa shape index (κ2) is 3.26. The lowest BCUT2D eigenvalue weighted by Crippen LogP contribution is -1.90. The molecule has 0 aliphatic carbocycles. The molecular formula is C7H6BrF2N. The Morgan fingerprint density at radius 2 is 2.18 bits per heavy atom. The van der Waals surface area contributed by atoms with Crippen molar-refractivity contribution in [3.05, 3.63) is 28.0 Å². The maximum atomic E-state index is 12.1. The molecule has 0 atom stereocenters. The van der Waals surface area contributed by atoms with Crippen molar-refractivity contribution < 1.29 is 8.78 Å². The van der Waals surface area contributed by atoms with Crippen LogP contribution in [0.5, 0.6) is 0 Å².